The maximum absolute atomic E-state index is 12.1. The standard InChI is InChI=1S/C15H22O4/c1-8(2)5-6-10-13(17)12(15(19)14(10)18)11(16)7-9(3)4/h5,9-10,14,16,18H,6-7H2,1-4H3/b12-11-/t10-,14+/m0/s1. The molecule has 0 aliphatic heterocycles. The van der Waals surface area contributed by atoms with Crippen LogP contribution in [-0.4, -0.2) is 27.9 Å². The van der Waals surface area contributed by atoms with Gasteiger partial charge in [0.2, 0.25) is 0 Å². The second-order valence-corrected chi connectivity index (χ2v) is 5.72. The fourth-order valence-corrected chi connectivity index (χ4v) is 2.15. The molecule has 0 unspecified atom stereocenters. The van der Waals surface area contributed by atoms with Gasteiger partial charge in [-0.3, -0.25) is 9.59 Å². The third-order valence-corrected chi connectivity index (χ3v) is 3.15. The van der Waals surface area contributed by atoms with Gasteiger partial charge in [0.15, 0.2) is 11.6 Å². The van der Waals surface area contributed by atoms with Crippen molar-refractivity contribution in [1.29, 1.82) is 0 Å². The van der Waals surface area contributed by atoms with E-state index in [1.54, 1.807) is 0 Å². The topological polar surface area (TPSA) is 74.6 Å². The first-order valence-corrected chi connectivity index (χ1v) is 6.57. The van der Waals surface area contributed by atoms with Gasteiger partial charge in [0.25, 0.3) is 0 Å². The molecule has 0 bridgehead atoms. The molecule has 0 saturated heterocycles. The predicted octanol–water partition coefficient (Wildman–Crippen LogP) is 2.33. The second-order valence-electron chi connectivity index (χ2n) is 5.72. The Morgan fingerprint density at radius 3 is 2.32 bits per heavy atom. The Hall–Kier alpha value is -1.42. The quantitative estimate of drug-likeness (QED) is 0.354. The predicted molar refractivity (Wildman–Crippen MR) is 72.7 cm³/mol. The van der Waals surface area contributed by atoms with Gasteiger partial charge in [-0.15, -0.1) is 0 Å². The second kappa shape index (κ2) is 6.15. The Morgan fingerprint density at radius 1 is 1.26 bits per heavy atom. The van der Waals surface area contributed by atoms with Crippen molar-refractivity contribution in [3.63, 3.8) is 0 Å². The number of rotatable bonds is 4. The van der Waals surface area contributed by atoms with Gasteiger partial charge < -0.3 is 10.2 Å². The minimum atomic E-state index is -1.33. The number of hydrogen-bond donors (Lipinski definition) is 2. The van der Waals surface area contributed by atoms with E-state index < -0.39 is 23.6 Å². The highest BCUT2D eigenvalue weighted by molar-refractivity contribution is 6.28. The van der Waals surface area contributed by atoms with Crippen molar-refractivity contribution in [2.24, 2.45) is 11.8 Å². The third-order valence-electron chi connectivity index (χ3n) is 3.15. The zero-order chi connectivity index (χ0) is 14.7. The number of aliphatic hydroxyl groups is 2. The summed E-state index contributed by atoms with van der Waals surface area (Å²) in [7, 11) is 0. The highest BCUT2D eigenvalue weighted by atomic mass is 16.3. The molecule has 2 atom stereocenters. The van der Waals surface area contributed by atoms with Crippen molar-refractivity contribution in [3.8, 4) is 0 Å². The molecule has 4 nitrogen and oxygen atoms in total. The third kappa shape index (κ3) is 3.53. The van der Waals surface area contributed by atoms with E-state index in [-0.39, 0.29) is 23.7 Å². The average molecular weight is 266 g/mol. The number of allylic oxidation sites excluding steroid dienone is 3. The van der Waals surface area contributed by atoms with Crippen LogP contribution in [0.3, 0.4) is 0 Å². The van der Waals surface area contributed by atoms with Gasteiger partial charge in [0, 0.05) is 6.42 Å². The Kier molecular flexibility index (Phi) is 5.06. The smallest absolute Gasteiger partial charge is 0.199 e. The normalized spacial score (nSPS) is 26.0. The van der Waals surface area contributed by atoms with Crippen LogP contribution in [0.2, 0.25) is 0 Å². The molecule has 0 aromatic carbocycles. The van der Waals surface area contributed by atoms with Crippen molar-refractivity contribution in [2.75, 3.05) is 0 Å². The zero-order valence-electron chi connectivity index (χ0n) is 11.9. The lowest BCUT2D eigenvalue weighted by Gasteiger charge is -2.08. The molecule has 1 rings (SSSR count). The lowest BCUT2D eigenvalue weighted by molar-refractivity contribution is -0.124. The molecule has 0 radical (unpaired) electrons. The van der Waals surface area contributed by atoms with Crippen LogP contribution in [0, 0.1) is 11.8 Å². The first-order valence-electron chi connectivity index (χ1n) is 6.57. The van der Waals surface area contributed by atoms with Crippen LogP contribution in [0.15, 0.2) is 23.0 Å². The summed E-state index contributed by atoms with van der Waals surface area (Å²) >= 11 is 0. The minimum Gasteiger partial charge on any atom is -0.511 e. The maximum atomic E-state index is 12.1. The SMILES string of the molecule is CC(C)=CC[C@H]1C(=O)/C(=C(/O)CC(C)C)C(=O)[C@@H]1O. The fraction of sp³-hybridized carbons (Fsp3) is 0.600. The van der Waals surface area contributed by atoms with Crippen molar-refractivity contribution < 1.29 is 19.8 Å². The summed E-state index contributed by atoms with van der Waals surface area (Å²) in [6.07, 6.45) is 1.09. The van der Waals surface area contributed by atoms with Crippen LogP contribution >= 0.6 is 0 Å². The highest BCUT2D eigenvalue weighted by Crippen LogP contribution is 2.30. The van der Waals surface area contributed by atoms with Crippen molar-refractivity contribution in [1.82, 2.24) is 0 Å². The molecule has 19 heavy (non-hydrogen) atoms. The molecule has 1 saturated carbocycles. The van der Waals surface area contributed by atoms with Crippen LogP contribution in [-0.2, 0) is 9.59 Å². The van der Waals surface area contributed by atoms with E-state index in [4.69, 9.17) is 0 Å². The first kappa shape index (κ1) is 15.6. The summed E-state index contributed by atoms with van der Waals surface area (Å²) in [5.74, 6) is -1.89. The lowest BCUT2D eigenvalue weighted by Crippen LogP contribution is -2.22. The molecule has 4 heteroatoms. The van der Waals surface area contributed by atoms with Crippen LogP contribution in [0.5, 0.6) is 0 Å². The van der Waals surface area contributed by atoms with Gasteiger partial charge in [0.05, 0.1) is 5.92 Å². The van der Waals surface area contributed by atoms with Crippen LogP contribution < -0.4 is 0 Å². The molecule has 0 amide bonds. The summed E-state index contributed by atoms with van der Waals surface area (Å²) < 4.78 is 0. The van der Waals surface area contributed by atoms with E-state index in [1.807, 2.05) is 33.8 Å². The van der Waals surface area contributed by atoms with Crippen molar-refractivity contribution in [3.05, 3.63) is 23.0 Å². The monoisotopic (exact) mass is 266 g/mol. The molecule has 0 aromatic heterocycles. The molecule has 1 aliphatic rings. The average Bonchev–Trinajstić information content (AvgIpc) is 2.47. The molecule has 0 aromatic rings. The van der Waals surface area contributed by atoms with E-state index in [2.05, 4.69) is 0 Å². The van der Waals surface area contributed by atoms with Gasteiger partial charge in [-0.25, -0.2) is 0 Å². The largest absolute Gasteiger partial charge is 0.511 e. The van der Waals surface area contributed by atoms with Crippen molar-refractivity contribution >= 4 is 11.6 Å². The Balaban J connectivity index is 3.02. The Morgan fingerprint density at radius 2 is 1.84 bits per heavy atom. The molecule has 1 aliphatic carbocycles. The van der Waals surface area contributed by atoms with Crippen LogP contribution in [0.25, 0.3) is 0 Å². The Bertz CT molecular complexity index is 439. The number of ketones is 2. The van der Waals surface area contributed by atoms with E-state index in [1.165, 1.54) is 0 Å². The minimum absolute atomic E-state index is 0.141. The van der Waals surface area contributed by atoms with Gasteiger partial charge >= 0.3 is 0 Å². The number of aliphatic hydroxyl groups excluding tert-OH is 2. The van der Waals surface area contributed by atoms with Gasteiger partial charge in [-0.05, 0) is 26.2 Å². The molecule has 106 valence electrons. The molecular formula is C15H22O4. The van der Waals surface area contributed by atoms with E-state index in [0.717, 1.165) is 5.57 Å². The van der Waals surface area contributed by atoms with Gasteiger partial charge in [0.1, 0.15) is 17.4 Å². The summed E-state index contributed by atoms with van der Waals surface area (Å²) in [5, 5.41) is 19.7. The maximum Gasteiger partial charge on any atom is 0.199 e. The fourth-order valence-electron chi connectivity index (χ4n) is 2.15. The summed E-state index contributed by atoms with van der Waals surface area (Å²) in [6.45, 7) is 7.55. The summed E-state index contributed by atoms with van der Waals surface area (Å²) in [6, 6.07) is 0. The molecule has 0 spiro atoms. The number of Topliss-reactive ketones (excluding diaryl/α,β-unsaturated/α-hetero) is 2. The molecule has 2 N–H and O–H groups in total. The number of carbonyl (C=O) groups is 2. The number of hydrogen-bond acceptors (Lipinski definition) is 4. The van der Waals surface area contributed by atoms with Crippen LogP contribution in [0.1, 0.15) is 40.5 Å². The molecular weight excluding hydrogens is 244 g/mol. The summed E-state index contributed by atoms with van der Waals surface area (Å²) in [5.41, 5.74) is 0.824. The van der Waals surface area contributed by atoms with E-state index in [9.17, 15) is 19.8 Å². The lowest BCUT2D eigenvalue weighted by atomic mass is 9.98. The van der Waals surface area contributed by atoms with Crippen LogP contribution in [0.4, 0.5) is 0 Å². The van der Waals surface area contributed by atoms with Crippen molar-refractivity contribution in [2.45, 2.75) is 46.6 Å². The molecule has 0 heterocycles. The van der Waals surface area contributed by atoms with Gasteiger partial charge in [-0.2, -0.15) is 0 Å². The molecule has 1 fully saturated rings. The Labute approximate surface area is 113 Å². The number of carbonyl (C=O) groups excluding carboxylic acids is 2. The first-order chi connectivity index (χ1) is 8.75. The zero-order valence-corrected chi connectivity index (χ0v) is 11.9. The highest BCUT2D eigenvalue weighted by Gasteiger charge is 2.45. The van der Waals surface area contributed by atoms with E-state index in [0.29, 0.717) is 6.42 Å². The van der Waals surface area contributed by atoms with Gasteiger partial charge in [-0.1, -0.05) is 25.5 Å². The summed E-state index contributed by atoms with van der Waals surface area (Å²) in [4.78, 5) is 24.0. The van der Waals surface area contributed by atoms with E-state index >= 15 is 0 Å².